The topological polar surface area (TPSA) is 70.2 Å². The molecule has 0 bridgehead atoms. The number of carbonyl (C=O) groups excluding carboxylic acids is 1. The monoisotopic (exact) mass is 335 g/mol. The number of nitrogens with one attached hydrogen (secondary N) is 2. The average Bonchev–Trinajstić information content (AvgIpc) is 2.55. The zero-order valence-corrected chi connectivity index (χ0v) is 14.4. The number of anilines is 1. The van der Waals surface area contributed by atoms with Gasteiger partial charge < -0.3 is 15.5 Å². The molecule has 2 fully saturated rings. The Labute approximate surface area is 141 Å². The van der Waals surface area contributed by atoms with Crippen LogP contribution in [0.5, 0.6) is 0 Å². The van der Waals surface area contributed by atoms with Gasteiger partial charge in [0.05, 0.1) is 0 Å². The number of nitrogens with zero attached hydrogens (tertiary/aromatic N) is 3. The second kappa shape index (κ2) is 7.38. The highest BCUT2D eigenvalue weighted by atomic mass is 32.2. The van der Waals surface area contributed by atoms with Crippen molar-refractivity contribution in [2.24, 2.45) is 0 Å². The van der Waals surface area contributed by atoms with Crippen molar-refractivity contribution in [2.75, 3.05) is 30.8 Å². The largest absolute Gasteiger partial charge is 0.339 e. The van der Waals surface area contributed by atoms with Gasteiger partial charge in [0.2, 0.25) is 5.95 Å². The van der Waals surface area contributed by atoms with E-state index in [1.165, 1.54) is 19.3 Å². The summed E-state index contributed by atoms with van der Waals surface area (Å²) in [5.41, 5.74) is 0. The summed E-state index contributed by atoms with van der Waals surface area (Å²) in [6.45, 7) is 2.47. The molecule has 2 N–H and O–H groups in total. The molecule has 2 aliphatic rings. The Bertz CT molecular complexity index is 517. The maximum Gasteiger partial charge on any atom is 0.315 e. The SMILES string of the molecule is CSC1(CNC(=O)NC2CCCN(c3ncccn3)C2)CCC1. The van der Waals surface area contributed by atoms with Gasteiger partial charge in [0.15, 0.2) is 0 Å². The van der Waals surface area contributed by atoms with Crippen LogP contribution in [0.4, 0.5) is 10.7 Å². The summed E-state index contributed by atoms with van der Waals surface area (Å²) >= 11 is 1.88. The Hall–Kier alpha value is -1.50. The fourth-order valence-electron chi connectivity index (χ4n) is 3.23. The van der Waals surface area contributed by atoms with E-state index in [0.29, 0.717) is 0 Å². The van der Waals surface area contributed by atoms with Crippen molar-refractivity contribution in [1.82, 2.24) is 20.6 Å². The van der Waals surface area contributed by atoms with E-state index in [1.54, 1.807) is 12.4 Å². The van der Waals surface area contributed by atoms with Crippen molar-refractivity contribution in [3.63, 3.8) is 0 Å². The van der Waals surface area contributed by atoms with Gasteiger partial charge in [-0.2, -0.15) is 11.8 Å². The smallest absolute Gasteiger partial charge is 0.315 e. The van der Waals surface area contributed by atoms with Crippen molar-refractivity contribution in [1.29, 1.82) is 0 Å². The quantitative estimate of drug-likeness (QED) is 0.862. The van der Waals surface area contributed by atoms with Crippen LogP contribution in [-0.4, -0.2) is 52.7 Å². The molecule has 2 heterocycles. The molecule has 1 aromatic rings. The molecule has 1 unspecified atom stereocenters. The fraction of sp³-hybridized carbons (Fsp3) is 0.688. The standard InChI is InChI=1S/C16H25N5OS/c1-23-16(6-3-7-16)12-19-15(22)20-13-5-2-10-21(11-13)14-17-8-4-9-18-14/h4,8-9,13H,2-3,5-7,10-12H2,1H3,(H2,19,20,22). The third-order valence-corrected chi connectivity index (χ3v) is 6.28. The number of rotatable bonds is 5. The summed E-state index contributed by atoms with van der Waals surface area (Å²) in [5, 5.41) is 6.16. The van der Waals surface area contributed by atoms with E-state index in [-0.39, 0.29) is 16.8 Å². The molecule has 0 spiro atoms. The summed E-state index contributed by atoms with van der Waals surface area (Å²) in [6.07, 6.45) is 11.4. The van der Waals surface area contributed by atoms with Crippen molar-refractivity contribution in [3.8, 4) is 0 Å². The molecule has 1 aromatic heterocycles. The second-order valence-corrected chi connectivity index (χ2v) is 7.68. The highest BCUT2D eigenvalue weighted by molar-refractivity contribution is 8.00. The van der Waals surface area contributed by atoms with Gasteiger partial charge in [0, 0.05) is 42.8 Å². The lowest BCUT2D eigenvalue weighted by molar-refractivity contribution is 0.230. The first-order chi connectivity index (χ1) is 11.2. The van der Waals surface area contributed by atoms with Gasteiger partial charge in [0.1, 0.15) is 0 Å². The highest BCUT2D eigenvalue weighted by Crippen LogP contribution is 2.42. The summed E-state index contributed by atoms with van der Waals surface area (Å²) in [4.78, 5) is 22.9. The summed E-state index contributed by atoms with van der Waals surface area (Å²) < 4.78 is 0.272. The van der Waals surface area contributed by atoms with Gasteiger partial charge in [-0.15, -0.1) is 0 Å². The van der Waals surface area contributed by atoms with E-state index in [2.05, 4.69) is 31.8 Å². The lowest BCUT2D eigenvalue weighted by Crippen LogP contribution is -2.53. The molecular formula is C16H25N5OS. The molecule has 1 atom stereocenters. The maximum atomic E-state index is 12.2. The zero-order valence-electron chi connectivity index (χ0n) is 13.6. The van der Waals surface area contributed by atoms with Crippen molar-refractivity contribution in [3.05, 3.63) is 18.5 Å². The molecule has 126 valence electrons. The minimum Gasteiger partial charge on any atom is -0.339 e. The van der Waals surface area contributed by atoms with Gasteiger partial charge in [-0.1, -0.05) is 6.42 Å². The number of piperidine rings is 1. The molecule has 1 saturated carbocycles. The van der Waals surface area contributed by atoms with Crippen LogP contribution < -0.4 is 15.5 Å². The van der Waals surface area contributed by atoms with Gasteiger partial charge in [-0.25, -0.2) is 14.8 Å². The Morgan fingerprint density at radius 1 is 1.39 bits per heavy atom. The van der Waals surface area contributed by atoms with Crippen LogP contribution in [0.3, 0.4) is 0 Å². The van der Waals surface area contributed by atoms with Crippen LogP contribution in [0, 0.1) is 0 Å². The van der Waals surface area contributed by atoms with Crippen LogP contribution >= 0.6 is 11.8 Å². The zero-order chi connectivity index (χ0) is 16.1. The fourth-order valence-corrected chi connectivity index (χ4v) is 4.15. The van der Waals surface area contributed by atoms with Crippen LogP contribution in [0.15, 0.2) is 18.5 Å². The van der Waals surface area contributed by atoms with E-state index in [0.717, 1.165) is 38.4 Å². The number of amides is 2. The molecule has 23 heavy (non-hydrogen) atoms. The Kier molecular flexibility index (Phi) is 5.25. The van der Waals surface area contributed by atoms with Gasteiger partial charge in [-0.3, -0.25) is 0 Å². The molecule has 6 nitrogen and oxygen atoms in total. The summed E-state index contributed by atoms with van der Waals surface area (Å²) in [5.74, 6) is 0.746. The van der Waals surface area contributed by atoms with Gasteiger partial charge in [-0.05, 0) is 38.0 Å². The molecule has 0 aromatic carbocycles. The molecule has 1 aliphatic carbocycles. The third-order valence-electron chi connectivity index (χ3n) is 4.86. The Balaban J connectivity index is 1.46. The van der Waals surface area contributed by atoms with Crippen LogP contribution in [0.25, 0.3) is 0 Å². The molecule has 7 heteroatoms. The van der Waals surface area contributed by atoms with Crippen molar-refractivity contribution in [2.45, 2.75) is 42.9 Å². The number of hydrogen-bond acceptors (Lipinski definition) is 5. The normalized spacial score (nSPS) is 23.0. The third kappa shape index (κ3) is 4.07. The Morgan fingerprint density at radius 3 is 2.83 bits per heavy atom. The van der Waals surface area contributed by atoms with Crippen LogP contribution in [0.2, 0.25) is 0 Å². The highest BCUT2D eigenvalue weighted by Gasteiger charge is 2.36. The predicted molar refractivity (Wildman–Crippen MR) is 93.9 cm³/mol. The molecule has 1 aliphatic heterocycles. The van der Waals surface area contributed by atoms with E-state index in [1.807, 2.05) is 17.8 Å². The number of carbonyl (C=O) groups is 1. The maximum absolute atomic E-state index is 12.2. The van der Waals surface area contributed by atoms with Gasteiger partial charge >= 0.3 is 6.03 Å². The average molecular weight is 335 g/mol. The lowest BCUT2D eigenvalue weighted by Gasteiger charge is -2.40. The van der Waals surface area contributed by atoms with Crippen LogP contribution in [0.1, 0.15) is 32.1 Å². The number of hydrogen-bond donors (Lipinski definition) is 2. The van der Waals surface area contributed by atoms with Gasteiger partial charge in [0.25, 0.3) is 0 Å². The van der Waals surface area contributed by atoms with Crippen LogP contribution in [-0.2, 0) is 0 Å². The van der Waals surface area contributed by atoms with E-state index in [9.17, 15) is 4.79 Å². The predicted octanol–water partition coefficient (Wildman–Crippen LogP) is 2.03. The summed E-state index contributed by atoms with van der Waals surface area (Å²) in [7, 11) is 0. The second-order valence-electron chi connectivity index (χ2n) is 6.40. The molecule has 3 rings (SSSR count). The lowest BCUT2D eigenvalue weighted by atomic mass is 9.84. The number of thioether (sulfide) groups is 1. The molecule has 0 radical (unpaired) electrons. The van der Waals surface area contributed by atoms with E-state index >= 15 is 0 Å². The van der Waals surface area contributed by atoms with Crippen molar-refractivity contribution >= 4 is 23.7 Å². The van der Waals surface area contributed by atoms with E-state index in [4.69, 9.17) is 0 Å². The van der Waals surface area contributed by atoms with E-state index < -0.39 is 0 Å². The minimum atomic E-state index is -0.0499. The number of urea groups is 1. The molecule has 2 amide bonds. The molecular weight excluding hydrogens is 310 g/mol. The number of aromatic nitrogens is 2. The minimum absolute atomic E-state index is 0.0499. The Morgan fingerprint density at radius 2 is 2.17 bits per heavy atom. The van der Waals surface area contributed by atoms with Crippen molar-refractivity contribution < 1.29 is 4.79 Å². The first kappa shape index (κ1) is 16.4. The molecule has 1 saturated heterocycles. The first-order valence-corrected chi connectivity index (χ1v) is 9.55. The first-order valence-electron chi connectivity index (χ1n) is 8.32. The summed E-state index contributed by atoms with van der Waals surface area (Å²) in [6, 6.07) is 1.92.